The summed E-state index contributed by atoms with van der Waals surface area (Å²) in [7, 11) is 0. The lowest BCUT2D eigenvalue weighted by molar-refractivity contribution is -0.133. The molecule has 0 spiro atoms. The number of rotatable bonds is 9. The van der Waals surface area contributed by atoms with Crippen molar-refractivity contribution in [3.8, 4) is 0 Å². The second-order valence-corrected chi connectivity index (χ2v) is 5.67. The summed E-state index contributed by atoms with van der Waals surface area (Å²) in [6.45, 7) is 7.38. The molecule has 1 aliphatic heterocycles. The van der Waals surface area contributed by atoms with Gasteiger partial charge in [-0.1, -0.05) is 13.8 Å². The Morgan fingerprint density at radius 3 is 2.38 bits per heavy atom. The van der Waals surface area contributed by atoms with Crippen molar-refractivity contribution in [1.82, 2.24) is 15.5 Å². The van der Waals surface area contributed by atoms with Crippen LogP contribution in [0, 0.1) is 5.92 Å². The van der Waals surface area contributed by atoms with Crippen LogP contribution in [-0.4, -0.2) is 60.6 Å². The highest BCUT2D eigenvalue weighted by Crippen LogP contribution is 2.07. The molecule has 2 unspecified atom stereocenters. The van der Waals surface area contributed by atoms with Crippen LogP contribution in [0.3, 0.4) is 0 Å². The van der Waals surface area contributed by atoms with Crippen molar-refractivity contribution in [3.05, 3.63) is 0 Å². The van der Waals surface area contributed by atoms with Crippen LogP contribution in [0.25, 0.3) is 0 Å². The van der Waals surface area contributed by atoms with Gasteiger partial charge < -0.3 is 20.6 Å². The molecule has 2 atom stereocenters. The molecule has 122 valence electrons. The van der Waals surface area contributed by atoms with E-state index in [1.54, 1.807) is 0 Å². The lowest BCUT2D eigenvalue weighted by atomic mass is 10.1. The topological polar surface area (TPSA) is 81.7 Å². The van der Waals surface area contributed by atoms with Gasteiger partial charge in [0.2, 0.25) is 11.8 Å². The molecule has 0 radical (unpaired) electrons. The minimum Gasteiger partial charge on any atom is -0.391 e. The van der Waals surface area contributed by atoms with Crippen LogP contribution < -0.4 is 10.6 Å². The Kier molecular flexibility index (Phi) is 8.30. The van der Waals surface area contributed by atoms with Gasteiger partial charge in [0.05, 0.1) is 6.10 Å². The number of nitrogens with one attached hydrogen (secondary N) is 2. The van der Waals surface area contributed by atoms with Crippen molar-refractivity contribution < 1.29 is 14.7 Å². The molecule has 3 N–H and O–H groups in total. The van der Waals surface area contributed by atoms with Gasteiger partial charge in [-0.15, -0.1) is 0 Å². The molecule has 6 nitrogen and oxygen atoms in total. The molecule has 21 heavy (non-hydrogen) atoms. The predicted octanol–water partition coefficient (Wildman–Crippen LogP) is 0.112. The standard InChI is InChI=1S/C15H29N3O3/c1-3-7-18(8-4-2)15(21)6-5-14(20)17-10-12-9-16-11-13(12)19/h12-13,16,19H,3-11H2,1-2H3,(H,17,20). The van der Waals surface area contributed by atoms with Crippen molar-refractivity contribution in [2.24, 2.45) is 5.92 Å². The summed E-state index contributed by atoms with van der Waals surface area (Å²) in [6.07, 6.45) is 1.96. The molecule has 1 rings (SSSR count). The number of nitrogens with zero attached hydrogens (tertiary/aromatic N) is 1. The monoisotopic (exact) mass is 299 g/mol. The number of β-amino-alcohol motifs (C(OH)–C–C–N with tert-alkyl or cyclic N) is 1. The maximum atomic E-state index is 12.0. The molecule has 0 bridgehead atoms. The Labute approximate surface area is 127 Å². The van der Waals surface area contributed by atoms with Gasteiger partial charge in [-0.3, -0.25) is 9.59 Å². The zero-order valence-corrected chi connectivity index (χ0v) is 13.2. The lowest BCUT2D eigenvalue weighted by Crippen LogP contribution is -2.36. The van der Waals surface area contributed by atoms with Gasteiger partial charge >= 0.3 is 0 Å². The zero-order chi connectivity index (χ0) is 15.7. The third-order valence-electron chi connectivity index (χ3n) is 3.77. The molecule has 0 aromatic heterocycles. The highest BCUT2D eigenvalue weighted by molar-refractivity contribution is 5.83. The van der Waals surface area contributed by atoms with E-state index in [9.17, 15) is 14.7 Å². The van der Waals surface area contributed by atoms with Crippen LogP contribution in [0.5, 0.6) is 0 Å². The van der Waals surface area contributed by atoms with E-state index in [1.807, 2.05) is 18.7 Å². The first-order valence-corrected chi connectivity index (χ1v) is 8.01. The van der Waals surface area contributed by atoms with Crippen molar-refractivity contribution in [3.63, 3.8) is 0 Å². The van der Waals surface area contributed by atoms with Gasteiger partial charge in [0.15, 0.2) is 0 Å². The fourth-order valence-electron chi connectivity index (χ4n) is 2.54. The first-order chi connectivity index (χ1) is 10.1. The fourth-order valence-corrected chi connectivity index (χ4v) is 2.54. The van der Waals surface area contributed by atoms with E-state index < -0.39 is 6.10 Å². The summed E-state index contributed by atoms with van der Waals surface area (Å²) in [5.74, 6) is 0.00754. The van der Waals surface area contributed by atoms with Crippen LogP contribution in [0.4, 0.5) is 0 Å². The van der Waals surface area contributed by atoms with Crippen LogP contribution in [0.15, 0.2) is 0 Å². The smallest absolute Gasteiger partial charge is 0.223 e. The van der Waals surface area contributed by atoms with Crippen LogP contribution in [-0.2, 0) is 9.59 Å². The van der Waals surface area contributed by atoms with Crippen LogP contribution in [0.1, 0.15) is 39.5 Å². The summed E-state index contributed by atoms with van der Waals surface area (Å²) >= 11 is 0. The van der Waals surface area contributed by atoms with Crippen molar-refractivity contribution in [2.45, 2.75) is 45.6 Å². The molecule has 1 aliphatic rings. The first-order valence-electron chi connectivity index (χ1n) is 8.01. The van der Waals surface area contributed by atoms with Crippen LogP contribution in [0.2, 0.25) is 0 Å². The normalized spacial score (nSPS) is 21.3. The van der Waals surface area contributed by atoms with Gasteiger partial charge in [-0.25, -0.2) is 0 Å². The molecular weight excluding hydrogens is 270 g/mol. The van der Waals surface area contributed by atoms with E-state index in [0.717, 1.165) is 32.5 Å². The van der Waals surface area contributed by atoms with E-state index in [1.165, 1.54) is 0 Å². The number of amides is 2. The Balaban J connectivity index is 2.23. The van der Waals surface area contributed by atoms with Gasteiger partial charge in [0.25, 0.3) is 0 Å². The molecule has 0 aromatic rings. The Morgan fingerprint density at radius 2 is 1.86 bits per heavy atom. The summed E-state index contributed by atoms with van der Waals surface area (Å²) in [5.41, 5.74) is 0. The second-order valence-electron chi connectivity index (χ2n) is 5.67. The molecule has 1 saturated heterocycles. The minimum absolute atomic E-state index is 0.0522. The van der Waals surface area contributed by atoms with Crippen molar-refractivity contribution in [1.29, 1.82) is 0 Å². The Morgan fingerprint density at radius 1 is 1.19 bits per heavy atom. The molecular formula is C15H29N3O3. The van der Waals surface area contributed by atoms with E-state index in [-0.39, 0.29) is 30.6 Å². The third kappa shape index (κ3) is 6.44. The maximum Gasteiger partial charge on any atom is 0.223 e. The van der Waals surface area contributed by atoms with Crippen molar-refractivity contribution in [2.75, 3.05) is 32.7 Å². The molecule has 1 fully saturated rings. The third-order valence-corrected chi connectivity index (χ3v) is 3.77. The highest BCUT2D eigenvalue weighted by atomic mass is 16.3. The number of hydrogen-bond donors (Lipinski definition) is 3. The number of carbonyl (C=O) groups is 2. The van der Waals surface area contributed by atoms with Gasteiger partial charge in [-0.05, 0) is 12.8 Å². The molecule has 0 aliphatic carbocycles. The number of hydrogen-bond acceptors (Lipinski definition) is 4. The fraction of sp³-hybridized carbons (Fsp3) is 0.867. The van der Waals surface area contributed by atoms with Gasteiger partial charge in [0.1, 0.15) is 0 Å². The molecule has 2 amide bonds. The summed E-state index contributed by atoms with van der Waals surface area (Å²) in [6, 6.07) is 0. The zero-order valence-electron chi connectivity index (χ0n) is 13.2. The molecule has 0 saturated carbocycles. The number of aliphatic hydroxyl groups is 1. The molecule has 6 heteroatoms. The summed E-state index contributed by atoms with van der Waals surface area (Å²) < 4.78 is 0. The van der Waals surface area contributed by atoms with Gasteiger partial charge in [-0.2, -0.15) is 0 Å². The molecule has 0 aromatic carbocycles. The largest absolute Gasteiger partial charge is 0.391 e. The predicted molar refractivity (Wildman–Crippen MR) is 81.8 cm³/mol. The number of carbonyl (C=O) groups excluding carboxylic acids is 2. The van der Waals surface area contributed by atoms with E-state index >= 15 is 0 Å². The Bertz CT molecular complexity index is 330. The Hall–Kier alpha value is -1.14. The van der Waals surface area contributed by atoms with E-state index in [4.69, 9.17) is 0 Å². The van der Waals surface area contributed by atoms with Crippen molar-refractivity contribution >= 4 is 11.8 Å². The summed E-state index contributed by atoms with van der Waals surface area (Å²) in [4.78, 5) is 25.6. The lowest BCUT2D eigenvalue weighted by Gasteiger charge is -2.21. The molecule has 1 heterocycles. The quantitative estimate of drug-likeness (QED) is 0.564. The second kappa shape index (κ2) is 9.73. The number of aliphatic hydroxyl groups excluding tert-OH is 1. The summed E-state index contributed by atoms with van der Waals surface area (Å²) in [5, 5.41) is 15.5. The first kappa shape index (κ1) is 17.9. The maximum absolute atomic E-state index is 12.0. The average Bonchev–Trinajstić information content (AvgIpc) is 2.87. The highest BCUT2D eigenvalue weighted by Gasteiger charge is 2.25. The van der Waals surface area contributed by atoms with E-state index in [0.29, 0.717) is 13.1 Å². The van der Waals surface area contributed by atoms with Crippen LogP contribution >= 0.6 is 0 Å². The SMILES string of the molecule is CCCN(CCC)C(=O)CCC(=O)NCC1CNCC1O. The van der Waals surface area contributed by atoms with E-state index in [2.05, 4.69) is 10.6 Å². The van der Waals surface area contributed by atoms with Gasteiger partial charge in [0, 0.05) is 51.5 Å². The average molecular weight is 299 g/mol. The minimum atomic E-state index is -0.392.